The molecule has 0 aromatic heterocycles. The molecule has 0 unspecified atom stereocenters. The molecule has 2 heterocycles. The standard InChI is InChI=1S/2C8H17.3C6H10O4S2.2Sn/c2*1-3-5-7-8-6-4-2;3*7-5(3-11)9-1-2-10-6(8)4-12;;/h2*1,3-8H2,2H3;3*11-12H,1-4H2;;/q;;;;;2*+3/p-6. The van der Waals surface area contributed by atoms with Gasteiger partial charge in [-0.25, -0.2) is 0 Å². The van der Waals surface area contributed by atoms with Crippen molar-refractivity contribution in [2.75, 3.05) is 74.2 Å². The molecule has 0 atom stereocenters. The fourth-order valence-corrected chi connectivity index (χ4v) is 72.1. The Morgan fingerprint density at radius 1 is 0.519 bits per heavy atom. The maximum atomic E-state index is 12.9. The Hall–Kier alpha value is 0.517. The monoisotopic (exact) mass is 1090 g/mol. The number of hydrogen-bond donors (Lipinski definition) is 0. The first-order chi connectivity index (χ1) is 26.1. The summed E-state index contributed by atoms with van der Waals surface area (Å²) in [5, 5.41) is 0. The van der Waals surface area contributed by atoms with Gasteiger partial charge >= 0.3 is 349 Å². The number of ether oxygens (including phenoxy) is 6. The molecule has 2 aliphatic heterocycles. The van der Waals surface area contributed by atoms with Crippen LogP contribution < -0.4 is 0 Å². The number of rotatable bonds is 23. The normalized spacial score (nSPS) is 18.5. The van der Waals surface area contributed by atoms with E-state index in [2.05, 4.69) is 13.8 Å². The van der Waals surface area contributed by atoms with Gasteiger partial charge in [0.2, 0.25) is 0 Å². The van der Waals surface area contributed by atoms with Gasteiger partial charge in [-0.2, -0.15) is 0 Å². The molecule has 2 fully saturated rings. The summed E-state index contributed by atoms with van der Waals surface area (Å²) in [7, 11) is 9.44. The molecule has 2 rings (SSSR count). The Balaban J connectivity index is 1.92. The van der Waals surface area contributed by atoms with E-state index in [4.69, 9.17) is 28.4 Å². The molecule has 0 aliphatic carbocycles. The van der Waals surface area contributed by atoms with Crippen LogP contribution in [0.2, 0.25) is 8.87 Å². The first-order valence-corrected chi connectivity index (χ1v) is 49.8. The summed E-state index contributed by atoms with van der Waals surface area (Å²) in [6.45, 7) is 4.30. The second-order valence-electron chi connectivity index (χ2n) is 12.5. The first kappa shape index (κ1) is 50.7. The molecule has 0 bridgehead atoms. The summed E-state index contributed by atoms with van der Waals surface area (Å²) in [4.78, 5) is 75.4. The maximum absolute atomic E-state index is 12.9. The van der Waals surface area contributed by atoms with Gasteiger partial charge in [-0.1, -0.05) is 0 Å². The van der Waals surface area contributed by atoms with E-state index in [1.807, 2.05) is 0 Å². The summed E-state index contributed by atoms with van der Waals surface area (Å²) < 4.78 is 33.6. The molecule has 0 spiro atoms. The van der Waals surface area contributed by atoms with Crippen molar-refractivity contribution in [2.24, 2.45) is 0 Å². The van der Waals surface area contributed by atoms with Crippen LogP contribution in [0.4, 0.5) is 0 Å². The van der Waals surface area contributed by atoms with Crippen LogP contribution in [-0.4, -0.2) is 138 Å². The third kappa shape index (κ3) is 24.4. The zero-order valence-corrected chi connectivity index (χ0v) is 42.3. The Morgan fingerprint density at radius 2 is 0.815 bits per heavy atom. The predicted molar refractivity (Wildman–Crippen MR) is 228 cm³/mol. The molecule has 310 valence electrons. The van der Waals surface area contributed by atoms with Gasteiger partial charge in [0.25, 0.3) is 0 Å². The van der Waals surface area contributed by atoms with Gasteiger partial charge in [0.05, 0.1) is 0 Å². The Morgan fingerprint density at radius 3 is 1.13 bits per heavy atom. The number of esters is 6. The molecule has 20 heteroatoms. The van der Waals surface area contributed by atoms with E-state index in [9.17, 15) is 28.8 Å². The Bertz CT molecular complexity index is 1020. The van der Waals surface area contributed by atoms with E-state index < -0.39 is 40.4 Å². The molecule has 0 radical (unpaired) electrons. The van der Waals surface area contributed by atoms with Crippen molar-refractivity contribution in [3.05, 3.63) is 0 Å². The quantitative estimate of drug-likeness (QED) is 0.0435. The van der Waals surface area contributed by atoms with Gasteiger partial charge in [0, 0.05) is 0 Å². The summed E-state index contributed by atoms with van der Waals surface area (Å²) in [6, 6.07) is 0. The van der Waals surface area contributed by atoms with Crippen molar-refractivity contribution in [3.8, 4) is 0 Å². The molecule has 2 saturated heterocycles. The van der Waals surface area contributed by atoms with Crippen molar-refractivity contribution in [1.29, 1.82) is 0 Å². The van der Waals surface area contributed by atoms with E-state index in [1.54, 1.807) is 53.7 Å². The van der Waals surface area contributed by atoms with Crippen LogP contribution in [0.15, 0.2) is 0 Å². The third-order valence-corrected chi connectivity index (χ3v) is 85.1. The van der Waals surface area contributed by atoms with Crippen molar-refractivity contribution in [3.63, 3.8) is 0 Å². The molecule has 0 aromatic rings. The molecule has 0 aromatic carbocycles. The van der Waals surface area contributed by atoms with Gasteiger partial charge in [-0.05, 0) is 0 Å². The van der Waals surface area contributed by atoms with Gasteiger partial charge in [-0.3, -0.25) is 0 Å². The average molecular weight is 1090 g/mol. The van der Waals surface area contributed by atoms with Crippen molar-refractivity contribution < 1.29 is 57.2 Å². The fraction of sp³-hybridized carbons (Fsp3) is 0.824. The van der Waals surface area contributed by atoms with Crippen molar-refractivity contribution in [1.82, 2.24) is 0 Å². The minimum atomic E-state index is -3.44. The number of unbranched alkanes of at least 4 members (excludes halogenated alkanes) is 10. The molecular weight excluding hydrogens is 1030 g/mol. The number of carbonyl (C=O) groups is 6. The van der Waals surface area contributed by atoms with Gasteiger partial charge in [0.15, 0.2) is 0 Å². The van der Waals surface area contributed by atoms with Gasteiger partial charge in [-0.15, -0.1) is 0 Å². The summed E-state index contributed by atoms with van der Waals surface area (Å²) >= 11 is -6.87. The SMILES string of the molecule is CCCCCCC[CH2][Sn]1([S]CC(=O)OCCOC(=O)C[S][Sn]2([CH2]CCCCCCC)[S]CC(=O)OCCOC(=O)C[S]2)[S]CC(=O)OCCOC(=O)C[S]1. The van der Waals surface area contributed by atoms with Crippen molar-refractivity contribution >= 4 is 118 Å². The zero-order chi connectivity index (χ0) is 39.3. The molecule has 0 amide bonds. The zero-order valence-electron chi connectivity index (χ0n) is 31.7. The van der Waals surface area contributed by atoms with Crippen LogP contribution in [0.1, 0.15) is 90.9 Å². The summed E-state index contributed by atoms with van der Waals surface area (Å²) in [5.41, 5.74) is 0. The van der Waals surface area contributed by atoms with E-state index >= 15 is 0 Å². The topological polar surface area (TPSA) is 158 Å². The van der Waals surface area contributed by atoms with E-state index in [-0.39, 0.29) is 98.0 Å². The van der Waals surface area contributed by atoms with Crippen LogP contribution in [0.5, 0.6) is 0 Å². The van der Waals surface area contributed by atoms with Gasteiger partial charge < -0.3 is 0 Å². The van der Waals surface area contributed by atoms with Crippen LogP contribution in [0.25, 0.3) is 0 Å². The van der Waals surface area contributed by atoms with Crippen LogP contribution in [-0.2, 0) is 57.2 Å². The van der Waals surface area contributed by atoms with E-state index in [1.165, 1.54) is 25.7 Å². The van der Waals surface area contributed by atoms with Crippen LogP contribution in [0, 0.1) is 0 Å². The number of carbonyl (C=O) groups excluding carboxylic acids is 6. The van der Waals surface area contributed by atoms with Crippen LogP contribution in [0.3, 0.4) is 0 Å². The predicted octanol–water partition coefficient (Wildman–Crippen LogP) is 7.27. The Labute approximate surface area is 345 Å². The first-order valence-electron chi connectivity index (χ1n) is 18.9. The van der Waals surface area contributed by atoms with E-state index in [0.717, 1.165) is 60.2 Å². The van der Waals surface area contributed by atoms with Crippen LogP contribution >= 0.6 is 53.7 Å². The second-order valence-corrected chi connectivity index (χ2v) is 79.9. The third-order valence-electron chi connectivity index (χ3n) is 7.96. The fourth-order valence-electron chi connectivity index (χ4n) is 5.12. The molecule has 0 saturated carbocycles. The summed E-state index contributed by atoms with van der Waals surface area (Å²) in [5.74, 6) is -1.39. The molecular formula is C34H58O12S6Sn2. The minimum absolute atomic E-state index is 0.0340. The number of cyclic esters (lactones) is 4. The molecule has 12 nitrogen and oxygen atoms in total. The Kier molecular flexibility index (Phi) is 29.5. The van der Waals surface area contributed by atoms with E-state index in [0.29, 0.717) is 0 Å². The van der Waals surface area contributed by atoms with Gasteiger partial charge in [0.1, 0.15) is 0 Å². The molecule has 2 aliphatic rings. The molecule has 54 heavy (non-hydrogen) atoms. The van der Waals surface area contributed by atoms with Crippen molar-refractivity contribution in [2.45, 2.75) is 99.8 Å². The second kappa shape index (κ2) is 31.4. The number of hydrogen-bond acceptors (Lipinski definition) is 18. The molecule has 0 N–H and O–H groups in total. The average Bonchev–Trinajstić information content (AvgIpc) is 3.21. The summed E-state index contributed by atoms with van der Waals surface area (Å²) in [6.07, 6.45) is 13.4.